The molecule has 1 N–H and O–H groups in total. The highest BCUT2D eigenvalue weighted by molar-refractivity contribution is 7.11. The Morgan fingerprint density at radius 2 is 2.17 bits per heavy atom. The van der Waals surface area contributed by atoms with E-state index in [9.17, 15) is 4.79 Å². The lowest BCUT2D eigenvalue weighted by Crippen LogP contribution is -2.47. The maximum Gasteiger partial charge on any atom is 0.317 e. The third-order valence-electron chi connectivity index (χ3n) is 4.15. The molecule has 1 saturated heterocycles. The standard InChI is InChI=1S/C18H23N3O2S/c1-13-17(24-14(2)20-13)8-9-19-18(22)21-10-11-23-16(12-21)15-6-4-3-5-7-15/h3-7,16H,8-12H2,1-2H3,(H,19,22)/t16-/m0/s1. The van der Waals surface area contributed by atoms with E-state index in [4.69, 9.17) is 4.74 Å². The van der Waals surface area contributed by atoms with Crippen molar-refractivity contribution in [2.24, 2.45) is 0 Å². The van der Waals surface area contributed by atoms with Crippen LogP contribution in [-0.2, 0) is 11.2 Å². The molecule has 0 radical (unpaired) electrons. The Morgan fingerprint density at radius 3 is 2.88 bits per heavy atom. The van der Waals surface area contributed by atoms with Crippen LogP contribution in [0.5, 0.6) is 0 Å². The van der Waals surface area contributed by atoms with E-state index in [0.29, 0.717) is 26.2 Å². The second kappa shape index (κ2) is 7.77. The number of aromatic nitrogens is 1. The van der Waals surface area contributed by atoms with Gasteiger partial charge >= 0.3 is 6.03 Å². The van der Waals surface area contributed by atoms with E-state index in [1.54, 1.807) is 11.3 Å². The second-order valence-corrected chi connectivity index (χ2v) is 7.23. The fourth-order valence-electron chi connectivity index (χ4n) is 2.90. The third-order valence-corrected chi connectivity index (χ3v) is 5.29. The highest BCUT2D eigenvalue weighted by atomic mass is 32.1. The van der Waals surface area contributed by atoms with Crippen LogP contribution in [0, 0.1) is 13.8 Å². The summed E-state index contributed by atoms with van der Waals surface area (Å²) in [6.07, 6.45) is 0.785. The average molecular weight is 345 g/mol. The van der Waals surface area contributed by atoms with Crippen LogP contribution in [0.2, 0.25) is 0 Å². The highest BCUT2D eigenvalue weighted by Gasteiger charge is 2.25. The van der Waals surface area contributed by atoms with E-state index in [2.05, 4.69) is 10.3 Å². The number of ether oxygens (including phenoxy) is 1. The zero-order chi connectivity index (χ0) is 16.9. The van der Waals surface area contributed by atoms with E-state index in [0.717, 1.165) is 22.7 Å². The minimum atomic E-state index is -0.0444. The highest BCUT2D eigenvalue weighted by Crippen LogP contribution is 2.22. The van der Waals surface area contributed by atoms with Crippen LogP contribution in [0.15, 0.2) is 30.3 Å². The van der Waals surface area contributed by atoms with Crippen LogP contribution in [0.4, 0.5) is 4.79 Å². The summed E-state index contributed by atoms with van der Waals surface area (Å²) in [5, 5.41) is 4.10. The number of amides is 2. The van der Waals surface area contributed by atoms with Crippen LogP contribution in [-0.4, -0.2) is 42.2 Å². The van der Waals surface area contributed by atoms with Gasteiger partial charge in [0.1, 0.15) is 6.10 Å². The Hall–Kier alpha value is -1.92. The number of carbonyl (C=O) groups excluding carboxylic acids is 1. The first-order chi connectivity index (χ1) is 11.6. The van der Waals surface area contributed by atoms with Gasteiger partial charge in [-0.2, -0.15) is 0 Å². The van der Waals surface area contributed by atoms with Crippen molar-refractivity contribution in [1.29, 1.82) is 0 Å². The van der Waals surface area contributed by atoms with Gasteiger partial charge in [0.2, 0.25) is 0 Å². The molecule has 5 nitrogen and oxygen atoms in total. The lowest BCUT2D eigenvalue weighted by atomic mass is 10.1. The number of carbonyl (C=O) groups is 1. The normalized spacial score (nSPS) is 17.8. The van der Waals surface area contributed by atoms with Crippen molar-refractivity contribution in [2.75, 3.05) is 26.2 Å². The summed E-state index contributed by atoms with van der Waals surface area (Å²) in [6, 6.07) is 10.0. The first kappa shape index (κ1) is 16.9. The van der Waals surface area contributed by atoms with Crippen molar-refractivity contribution in [3.8, 4) is 0 Å². The number of thiazole rings is 1. The molecule has 6 heteroatoms. The van der Waals surface area contributed by atoms with Crippen molar-refractivity contribution in [3.63, 3.8) is 0 Å². The van der Waals surface area contributed by atoms with E-state index in [1.807, 2.05) is 49.1 Å². The number of nitrogens with one attached hydrogen (secondary N) is 1. The summed E-state index contributed by atoms with van der Waals surface area (Å²) in [7, 11) is 0. The van der Waals surface area contributed by atoms with Gasteiger partial charge in [-0.25, -0.2) is 9.78 Å². The van der Waals surface area contributed by atoms with Gasteiger partial charge in [-0.3, -0.25) is 0 Å². The van der Waals surface area contributed by atoms with Crippen LogP contribution in [0.3, 0.4) is 0 Å². The molecule has 3 rings (SSSR count). The largest absolute Gasteiger partial charge is 0.370 e. The summed E-state index contributed by atoms with van der Waals surface area (Å²) < 4.78 is 5.81. The van der Waals surface area contributed by atoms with Gasteiger partial charge < -0.3 is 15.0 Å². The Kier molecular flexibility index (Phi) is 5.48. The molecule has 2 aromatic rings. The minimum Gasteiger partial charge on any atom is -0.370 e. The number of rotatable bonds is 4. The zero-order valence-corrected chi connectivity index (χ0v) is 14.9. The second-order valence-electron chi connectivity index (χ2n) is 5.94. The maximum atomic E-state index is 12.4. The molecule has 0 bridgehead atoms. The molecule has 1 aliphatic heterocycles. The lowest BCUT2D eigenvalue weighted by molar-refractivity contribution is -0.0153. The van der Waals surface area contributed by atoms with Gasteiger partial charge in [0.05, 0.1) is 23.9 Å². The van der Waals surface area contributed by atoms with Crippen molar-refractivity contribution in [1.82, 2.24) is 15.2 Å². The average Bonchev–Trinajstić information content (AvgIpc) is 2.93. The predicted molar refractivity (Wildman–Crippen MR) is 95.4 cm³/mol. The van der Waals surface area contributed by atoms with Gasteiger partial charge in [0.15, 0.2) is 0 Å². The number of morpholine rings is 1. The van der Waals surface area contributed by atoms with Crippen LogP contribution in [0.25, 0.3) is 0 Å². The number of urea groups is 1. The summed E-state index contributed by atoms with van der Waals surface area (Å²) in [6.45, 7) is 6.46. The molecule has 0 aliphatic carbocycles. The molecule has 0 saturated carbocycles. The zero-order valence-electron chi connectivity index (χ0n) is 14.1. The molecule has 0 spiro atoms. The van der Waals surface area contributed by atoms with Gasteiger partial charge in [-0.05, 0) is 19.4 Å². The van der Waals surface area contributed by atoms with Crippen molar-refractivity contribution >= 4 is 17.4 Å². The molecule has 2 heterocycles. The van der Waals surface area contributed by atoms with Gasteiger partial charge in [-0.1, -0.05) is 30.3 Å². The third kappa shape index (κ3) is 4.13. The van der Waals surface area contributed by atoms with E-state index in [-0.39, 0.29) is 12.1 Å². The molecule has 1 aromatic heterocycles. The van der Waals surface area contributed by atoms with Crippen LogP contribution in [0.1, 0.15) is 27.2 Å². The first-order valence-corrected chi connectivity index (χ1v) is 9.07. The molecular formula is C18H23N3O2S. The van der Waals surface area contributed by atoms with Crippen LogP contribution >= 0.6 is 11.3 Å². The van der Waals surface area contributed by atoms with Crippen molar-refractivity contribution < 1.29 is 9.53 Å². The number of hydrogen-bond donors (Lipinski definition) is 1. The summed E-state index contributed by atoms with van der Waals surface area (Å²) in [5.41, 5.74) is 2.19. The number of hydrogen-bond acceptors (Lipinski definition) is 4. The summed E-state index contributed by atoms with van der Waals surface area (Å²) in [4.78, 5) is 19.9. The molecule has 0 unspecified atom stereocenters. The van der Waals surface area contributed by atoms with E-state index >= 15 is 0 Å². The quantitative estimate of drug-likeness (QED) is 0.926. The maximum absolute atomic E-state index is 12.4. The Balaban J connectivity index is 1.50. The SMILES string of the molecule is Cc1nc(C)c(CCNC(=O)N2CCO[C@H](c3ccccc3)C2)s1. The molecule has 1 aliphatic rings. The van der Waals surface area contributed by atoms with Gasteiger partial charge in [0, 0.05) is 24.4 Å². The molecule has 128 valence electrons. The molecule has 24 heavy (non-hydrogen) atoms. The minimum absolute atomic E-state index is 0.0156. The molecule has 2 amide bonds. The van der Waals surface area contributed by atoms with Crippen molar-refractivity contribution in [2.45, 2.75) is 26.4 Å². The number of nitrogens with zero attached hydrogens (tertiary/aromatic N) is 2. The fourth-order valence-corrected chi connectivity index (χ4v) is 3.84. The molecule has 1 fully saturated rings. The lowest BCUT2D eigenvalue weighted by Gasteiger charge is -2.33. The van der Waals surface area contributed by atoms with Gasteiger partial charge in [-0.15, -0.1) is 11.3 Å². The van der Waals surface area contributed by atoms with E-state index in [1.165, 1.54) is 4.88 Å². The van der Waals surface area contributed by atoms with Crippen molar-refractivity contribution in [3.05, 3.63) is 51.5 Å². The topological polar surface area (TPSA) is 54.5 Å². The van der Waals surface area contributed by atoms with Gasteiger partial charge in [0.25, 0.3) is 0 Å². The van der Waals surface area contributed by atoms with Crippen LogP contribution < -0.4 is 5.32 Å². The molecule has 1 aromatic carbocycles. The predicted octanol–water partition coefficient (Wildman–Crippen LogP) is 3.09. The Labute approximate surface area is 146 Å². The Morgan fingerprint density at radius 1 is 1.38 bits per heavy atom. The first-order valence-electron chi connectivity index (χ1n) is 8.25. The summed E-state index contributed by atoms with van der Waals surface area (Å²) in [5.74, 6) is 0. The molecule has 1 atom stereocenters. The fraction of sp³-hybridized carbons (Fsp3) is 0.444. The van der Waals surface area contributed by atoms with E-state index < -0.39 is 0 Å². The summed E-state index contributed by atoms with van der Waals surface area (Å²) >= 11 is 1.70. The number of aryl methyl sites for hydroxylation is 2. The number of benzene rings is 1. The Bertz CT molecular complexity index is 687. The molecular weight excluding hydrogens is 322 g/mol. The monoisotopic (exact) mass is 345 g/mol. The smallest absolute Gasteiger partial charge is 0.317 e.